The lowest BCUT2D eigenvalue weighted by Gasteiger charge is -2.09. The third kappa shape index (κ3) is 3.89. The predicted molar refractivity (Wildman–Crippen MR) is 72.1 cm³/mol. The Morgan fingerprint density at radius 3 is 2.61 bits per heavy atom. The molecule has 0 aliphatic rings. The number of hydrogen-bond donors (Lipinski definition) is 3. The zero-order chi connectivity index (χ0) is 13.4. The zero-order valence-electron chi connectivity index (χ0n) is 10.5. The maximum absolute atomic E-state index is 11.0. The number of benzene rings is 1. The summed E-state index contributed by atoms with van der Waals surface area (Å²) in [6.07, 6.45) is 2.55. The summed E-state index contributed by atoms with van der Waals surface area (Å²) < 4.78 is 0. The third-order valence-electron chi connectivity index (χ3n) is 2.64. The van der Waals surface area contributed by atoms with Crippen molar-refractivity contribution in [1.82, 2.24) is 0 Å². The van der Waals surface area contributed by atoms with Gasteiger partial charge in [-0.05, 0) is 31.4 Å². The maximum Gasteiger partial charge on any atom is 0.315 e. The van der Waals surface area contributed by atoms with Crippen molar-refractivity contribution in [3.8, 4) is 0 Å². The molecule has 0 fully saturated rings. The van der Waals surface area contributed by atoms with E-state index in [1.165, 1.54) is 0 Å². The maximum atomic E-state index is 11.0. The highest BCUT2D eigenvalue weighted by molar-refractivity contribution is 5.75. The second kappa shape index (κ2) is 7.50. The number of nitrogens with one attached hydrogen (secondary N) is 2. The van der Waals surface area contributed by atoms with Crippen LogP contribution in [0.4, 0.5) is 17.1 Å². The van der Waals surface area contributed by atoms with E-state index in [0.29, 0.717) is 17.9 Å². The predicted octanol–water partition coefficient (Wildman–Crippen LogP) is 2.21. The molecule has 1 aromatic carbocycles. The van der Waals surface area contributed by atoms with Gasteiger partial charge in [0.1, 0.15) is 11.4 Å². The van der Waals surface area contributed by atoms with Crippen LogP contribution in [0.5, 0.6) is 0 Å². The van der Waals surface area contributed by atoms with Crippen LogP contribution in [0.25, 0.3) is 0 Å². The molecule has 18 heavy (non-hydrogen) atoms. The minimum absolute atomic E-state index is 0.0714. The summed E-state index contributed by atoms with van der Waals surface area (Å²) in [4.78, 5) is 10.6. The van der Waals surface area contributed by atoms with E-state index in [4.69, 9.17) is 5.11 Å². The first-order valence-electron chi connectivity index (χ1n) is 6.00. The number of hydrogen-bond acceptors (Lipinski definition) is 5. The Labute approximate surface area is 106 Å². The topological polar surface area (TPSA) is 87.4 Å². The quantitative estimate of drug-likeness (QED) is 0.375. The molecule has 0 aromatic heterocycles. The normalized spacial score (nSPS) is 10.1. The lowest BCUT2D eigenvalue weighted by atomic mass is 10.2. The van der Waals surface area contributed by atoms with Gasteiger partial charge in [-0.3, -0.25) is 10.1 Å². The van der Waals surface area contributed by atoms with Gasteiger partial charge >= 0.3 is 5.69 Å². The van der Waals surface area contributed by atoms with Gasteiger partial charge in [0.25, 0.3) is 0 Å². The van der Waals surface area contributed by atoms with Gasteiger partial charge in [0, 0.05) is 20.2 Å². The molecule has 0 saturated heterocycles. The highest BCUT2D eigenvalue weighted by Crippen LogP contribution is 2.32. The number of nitro benzene ring substituents is 1. The number of nitrogens with zero attached hydrogens (tertiary/aromatic N) is 1. The molecule has 6 heteroatoms. The average Bonchev–Trinajstić information content (AvgIpc) is 2.37. The zero-order valence-corrected chi connectivity index (χ0v) is 10.5. The Morgan fingerprint density at radius 1 is 1.28 bits per heavy atom. The van der Waals surface area contributed by atoms with Crippen LogP contribution in [-0.4, -0.2) is 30.2 Å². The second-order valence-corrected chi connectivity index (χ2v) is 3.92. The molecule has 1 rings (SSSR count). The van der Waals surface area contributed by atoms with E-state index in [2.05, 4.69) is 10.6 Å². The standard InChI is InChI=1S/C12H19N3O3/c1-13-10-6-5-7-11(12(10)15(17)18)14-8-3-2-4-9-16/h5-7,13-14,16H,2-4,8-9H2,1H3. The minimum atomic E-state index is -0.387. The van der Waals surface area contributed by atoms with Crippen LogP contribution in [0.3, 0.4) is 0 Å². The van der Waals surface area contributed by atoms with E-state index in [0.717, 1.165) is 19.3 Å². The average molecular weight is 253 g/mol. The molecular formula is C12H19N3O3. The van der Waals surface area contributed by atoms with Crippen LogP contribution < -0.4 is 10.6 Å². The van der Waals surface area contributed by atoms with Crippen molar-refractivity contribution in [3.05, 3.63) is 28.3 Å². The van der Waals surface area contributed by atoms with Crippen LogP contribution in [0.2, 0.25) is 0 Å². The molecule has 0 heterocycles. The largest absolute Gasteiger partial charge is 0.396 e. The fourth-order valence-electron chi connectivity index (χ4n) is 1.72. The van der Waals surface area contributed by atoms with Gasteiger partial charge in [0.15, 0.2) is 0 Å². The van der Waals surface area contributed by atoms with E-state index < -0.39 is 0 Å². The third-order valence-corrected chi connectivity index (χ3v) is 2.64. The molecule has 0 aliphatic carbocycles. The van der Waals surface area contributed by atoms with Crippen molar-refractivity contribution < 1.29 is 10.0 Å². The Bertz CT molecular complexity index is 396. The molecule has 0 spiro atoms. The molecule has 0 aliphatic heterocycles. The molecule has 6 nitrogen and oxygen atoms in total. The van der Waals surface area contributed by atoms with Crippen LogP contribution in [-0.2, 0) is 0 Å². The highest BCUT2D eigenvalue weighted by Gasteiger charge is 2.18. The summed E-state index contributed by atoms with van der Waals surface area (Å²) in [5.74, 6) is 0. The Balaban J connectivity index is 2.67. The van der Waals surface area contributed by atoms with E-state index in [1.807, 2.05) is 0 Å². The molecule has 3 N–H and O–H groups in total. The molecule has 1 aromatic rings. The molecule has 0 amide bonds. The van der Waals surface area contributed by atoms with Gasteiger partial charge in [-0.15, -0.1) is 0 Å². The molecule has 0 atom stereocenters. The first-order valence-corrected chi connectivity index (χ1v) is 6.00. The molecule has 0 radical (unpaired) electrons. The fraction of sp³-hybridized carbons (Fsp3) is 0.500. The number of rotatable bonds is 8. The van der Waals surface area contributed by atoms with Crippen molar-refractivity contribution in [2.45, 2.75) is 19.3 Å². The monoisotopic (exact) mass is 253 g/mol. The van der Waals surface area contributed by atoms with Gasteiger partial charge in [0.05, 0.1) is 4.92 Å². The summed E-state index contributed by atoms with van der Waals surface area (Å²) in [6, 6.07) is 5.15. The van der Waals surface area contributed by atoms with Crippen LogP contribution in [0, 0.1) is 10.1 Å². The highest BCUT2D eigenvalue weighted by atomic mass is 16.6. The number of nitro groups is 1. The molecule has 100 valence electrons. The molecular weight excluding hydrogens is 234 g/mol. The number of aliphatic hydroxyl groups is 1. The number of para-hydroxylation sites is 1. The van der Waals surface area contributed by atoms with E-state index in [-0.39, 0.29) is 17.2 Å². The summed E-state index contributed by atoms with van der Waals surface area (Å²) >= 11 is 0. The van der Waals surface area contributed by atoms with E-state index in [9.17, 15) is 10.1 Å². The van der Waals surface area contributed by atoms with Crippen LogP contribution >= 0.6 is 0 Å². The SMILES string of the molecule is CNc1cccc(NCCCCCO)c1[N+](=O)[O-]. The lowest BCUT2D eigenvalue weighted by Crippen LogP contribution is -2.06. The number of unbranched alkanes of at least 4 members (excludes halogenated alkanes) is 2. The summed E-state index contributed by atoms with van der Waals surface area (Å²) in [5, 5.41) is 25.6. The Kier molecular flexibility index (Phi) is 5.93. The van der Waals surface area contributed by atoms with Crippen LogP contribution in [0.15, 0.2) is 18.2 Å². The first-order chi connectivity index (χ1) is 8.70. The number of aliphatic hydroxyl groups excluding tert-OH is 1. The van der Waals surface area contributed by atoms with E-state index in [1.54, 1.807) is 25.2 Å². The lowest BCUT2D eigenvalue weighted by molar-refractivity contribution is -0.383. The minimum Gasteiger partial charge on any atom is -0.396 e. The van der Waals surface area contributed by atoms with Crippen LogP contribution in [0.1, 0.15) is 19.3 Å². The molecule has 0 saturated carbocycles. The van der Waals surface area contributed by atoms with E-state index >= 15 is 0 Å². The molecule has 0 unspecified atom stereocenters. The summed E-state index contributed by atoms with van der Waals surface area (Å²) in [7, 11) is 1.66. The fourth-order valence-corrected chi connectivity index (χ4v) is 1.72. The second-order valence-electron chi connectivity index (χ2n) is 3.92. The van der Waals surface area contributed by atoms with Crippen molar-refractivity contribution >= 4 is 17.1 Å². The Morgan fingerprint density at radius 2 is 2.00 bits per heavy atom. The van der Waals surface area contributed by atoms with Gasteiger partial charge in [-0.1, -0.05) is 6.07 Å². The Hall–Kier alpha value is -1.82. The van der Waals surface area contributed by atoms with Gasteiger partial charge in [-0.2, -0.15) is 0 Å². The van der Waals surface area contributed by atoms with Gasteiger partial charge in [0.2, 0.25) is 0 Å². The summed E-state index contributed by atoms with van der Waals surface area (Å²) in [6.45, 7) is 0.851. The van der Waals surface area contributed by atoms with Crippen molar-refractivity contribution in [1.29, 1.82) is 0 Å². The van der Waals surface area contributed by atoms with Crippen molar-refractivity contribution in [2.75, 3.05) is 30.8 Å². The van der Waals surface area contributed by atoms with Crippen molar-refractivity contribution in [3.63, 3.8) is 0 Å². The van der Waals surface area contributed by atoms with Crippen molar-refractivity contribution in [2.24, 2.45) is 0 Å². The van der Waals surface area contributed by atoms with Gasteiger partial charge in [-0.25, -0.2) is 0 Å². The van der Waals surface area contributed by atoms with Gasteiger partial charge < -0.3 is 15.7 Å². The number of anilines is 2. The summed E-state index contributed by atoms with van der Waals surface area (Å²) in [5.41, 5.74) is 1.10. The smallest absolute Gasteiger partial charge is 0.315 e. The molecule has 0 bridgehead atoms. The first kappa shape index (κ1) is 14.2.